The zero-order valence-corrected chi connectivity index (χ0v) is 11.2. The minimum Gasteiger partial charge on any atom is -0.479 e. The van der Waals surface area contributed by atoms with Gasteiger partial charge in [-0.25, -0.2) is 4.79 Å². The Bertz CT molecular complexity index is 420. The summed E-state index contributed by atoms with van der Waals surface area (Å²) in [6.07, 6.45) is 0.552. The molecule has 0 saturated carbocycles. The molecule has 1 aromatic rings. The van der Waals surface area contributed by atoms with Gasteiger partial charge >= 0.3 is 5.97 Å². The average Bonchev–Trinajstić information content (AvgIpc) is 2.60. The van der Waals surface area contributed by atoms with E-state index in [4.69, 9.17) is 9.84 Å². The second kappa shape index (κ2) is 5.49. The molecule has 1 atom stereocenters. The van der Waals surface area contributed by atoms with Crippen molar-refractivity contribution >= 4 is 5.97 Å². The highest BCUT2D eigenvalue weighted by Crippen LogP contribution is 2.30. The number of hydrogen-bond donors (Lipinski definition) is 2. The highest BCUT2D eigenvalue weighted by Gasteiger charge is 2.31. The second-order valence-corrected chi connectivity index (χ2v) is 5.17. The van der Waals surface area contributed by atoms with Gasteiger partial charge in [0.05, 0.1) is 18.9 Å². The van der Waals surface area contributed by atoms with Gasteiger partial charge in [-0.05, 0) is 0 Å². The molecule has 1 heterocycles. The average molecular weight is 256 g/mol. The van der Waals surface area contributed by atoms with Gasteiger partial charge in [0.2, 0.25) is 0 Å². The topological polar surface area (TPSA) is 84.6 Å². The number of ether oxygens (including phenoxy) is 1. The summed E-state index contributed by atoms with van der Waals surface area (Å²) >= 11 is 0. The molecule has 1 rings (SSSR count). The van der Waals surface area contributed by atoms with Crippen LogP contribution in [0.25, 0.3) is 0 Å². The molecule has 0 saturated heterocycles. The van der Waals surface area contributed by atoms with E-state index in [0.717, 1.165) is 0 Å². The second-order valence-electron chi connectivity index (χ2n) is 5.17. The molecule has 0 radical (unpaired) electrons. The van der Waals surface area contributed by atoms with E-state index in [1.807, 2.05) is 20.8 Å². The minimum atomic E-state index is -1.10. The van der Waals surface area contributed by atoms with Crippen LogP contribution in [0.3, 0.4) is 0 Å². The molecule has 0 aromatic carbocycles. The highest BCUT2D eigenvalue weighted by atomic mass is 16.5. The highest BCUT2D eigenvalue weighted by molar-refractivity contribution is 5.74. The summed E-state index contributed by atoms with van der Waals surface area (Å²) in [6, 6.07) is 0. The van der Waals surface area contributed by atoms with Gasteiger partial charge in [-0.15, -0.1) is 0 Å². The Morgan fingerprint density at radius 2 is 2.17 bits per heavy atom. The number of nitrogens with zero attached hydrogens (tertiary/aromatic N) is 2. The summed E-state index contributed by atoms with van der Waals surface area (Å²) in [5.74, 6) is -1.08. The van der Waals surface area contributed by atoms with Crippen LogP contribution in [0.2, 0.25) is 0 Å². The molecule has 0 spiro atoms. The molecule has 0 aliphatic carbocycles. The van der Waals surface area contributed by atoms with Crippen molar-refractivity contribution in [2.24, 2.45) is 7.05 Å². The molecule has 0 fully saturated rings. The van der Waals surface area contributed by atoms with Crippen LogP contribution in [0.15, 0.2) is 6.20 Å². The SMILES string of the molecule is Cn1cc(C(OCCO)C(=O)O)c(C(C)(C)C)n1. The van der Waals surface area contributed by atoms with E-state index < -0.39 is 12.1 Å². The fourth-order valence-electron chi connectivity index (χ4n) is 1.75. The monoisotopic (exact) mass is 256 g/mol. The number of hydrogen-bond acceptors (Lipinski definition) is 4. The number of aryl methyl sites for hydroxylation is 1. The summed E-state index contributed by atoms with van der Waals surface area (Å²) in [6.45, 7) is 5.65. The van der Waals surface area contributed by atoms with Crippen molar-refractivity contribution in [2.75, 3.05) is 13.2 Å². The van der Waals surface area contributed by atoms with Gasteiger partial charge in [0, 0.05) is 24.2 Å². The van der Waals surface area contributed by atoms with Crippen LogP contribution in [0.1, 0.15) is 38.1 Å². The van der Waals surface area contributed by atoms with Crippen LogP contribution in [0.4, 0.5) is 0 Å². The van der Waals surface area contributed by atoms with Gasteiger partial charge in [-0.3, -0.25) is 4.68 Å². The Morgan fingerprint density at radius 3 is 2.61 bits per heavy atom. The van der Waals surface area contributed by atoms with Crippen molar-refractivity contribution in [3.63, 3.8) is 0 Å². The van der Waals surface area contributed by atoms with Crippen LogP contribution in [-0.2, 0) is 22.0 Å². The number of aliphatic hydroxyl groups excluding tert-OH is 1. The summed E-state index contributed by atoms with van der Waals surface area (Å²) in [4.78, 5) is 11.3. The van der Waals surface area contributed by atoms with Crippen LogP contribution in [0.5, 0.6) is 0 Å². The zero-order valence-electron chi connectivity index (χ0n) is 11.2. The largest absolute Gasteiger partial charge is 0.479 e. The third-order valence-corrected chi connectivity index (χ3v) is 2.45. The van der Waals surface area contributed by atoms with E-state index in [9.17, 15) is 9.90 Å². The molecule has 0 aliphatic rings. The molecule has 102 valence electrons. The molecule has 0 amide bonds. The fraction of sp³-hybridized carbons (Fsp3) is 0.667. The van der Waals surface area contributed by atoms with Crippen molar-refractivity contribution in [2.45, 2.75) is 32.3 Å². The third kappa shape index (κ3) is 3.30. The summed E-state index contributed by atoms with van der Waals surface area (Å²) < 4.78 is 6.76. The van der Waals surface area contributed by atoms with Gasteiger partial charge in [0.15, 0.2) is 6.10 Å². The molecule has 6 heteroatoms. The molecule has 0 aliphatic heterocycles. The Labute approximate surface area is 106 Å². The predicted molar refractivity (Wildman–Crippen MR) is 65.3 cm³/mol. The molecular formula is C12H20N2O4. The number of carboxylic acid groups (broad SMARTS) is 1. The lowest BCUT2D eigenvalue weighted by molar-refractivity contribution is -0.151. The first-order valence-electron chi connectivity index (χ1n) is 5.76. The zero-order chi connectivity index (χ0) is 13.9. The standard InChI is InChI=1S/C12H20N2O4/c1-12(2,3)10-8(7-14(4)13-10)9(11(16)17)18-6-5-15/h7,9,15H,5-6H2,1-4H3,(H,16,17). The predicted octanol–water partition coefficient (Wildman–Crippen LogP) is 0.852. The summed E-state index contributed by atoms with van der Waals surface area (Å²) in [5.41, 5.74) is 0.952. The summed E-state index contributed by atoms with van der Waals surface area (Å²) in [5, 5.41) is 22.3. The van der Waals surface area contributed by atoms with E-state index in [-0.39, 0.29) is 18.6 Å². The molecule has 1 aromatic heterocycles. The van der Waals surface area contributed by atoms with Crippen molar-refractivity contribution in [3.05, 3.63) is 17.5 Å². The molecular weight excluding hydrogens is 236 g/mol. The van der Waals surface area contributed by atoms with Crippen LogP contribution in [-0.4, -0.2) is 39.2 Å². The van der Waals surface area contributed by atoms with Crippen LogP contribution in [0, 0.1) is 0 Å². The Hall–Kier alpha value is -1.40. The van der Waals surface area contributed by atoms with E-state index in [1.54, 1.807) is 17.9 Å². The molecule has 6 nitrogen and oxygen atoms in total. The van der Waals surface area contributed by atoms with E-state index in [0.29, 0.717) is 11.3 Å². The van der Waals surface area contributed by atoms with Gasteiger partial charge in [0.1, 0.15) is 0 Å². The van der Waals surface area contributed by atoms with Gasteiger partial charge in [0.25, 0.3) is 0 Å². The lowest BCUT2D eigenvalue weighted by Gasteiger charge is -2.20. The number of rotatable bonds is 5. The van der Waals surface area contributed by atoms with Crippen molar-refractivity contribution < 1.29 is 19.7 Å². The maximum atomic E-state index is 11.3. The van der Waals surface area contributed by atoms with Crippen molar-refractivity contribution in [3.8, 4) is 0 Å². The number of aliphatic hydroxyl groups is 1. The molecule has 1 unspecified atom stereocenters. The smallest absolute Gasteiger partial charge is 0.337 e. The van der Waals surface area contributed by atoms with Crippen molar-refractivity contribution in [1.82, 2.24) is 9.78 Å². The van der Waals surface area contributed by atoms with E-state index >= 15 is 0 Å². The Balaban J connectivity index is 3.15. The Kier molecular flexibility index (Phi) is 4.48. The van der Waals surface area contributed by atoms with Crippen LogP contribution < -0.4 is 0 Å². The summed E-state index contributed by atoms with van der Waals surface area (Å²) in [7, 11) is 1.74. The first kappa shape index (κ1) is 14.7. The Morgan fingerprint density at radius 1 is 1.56 bits per heavy atom. The van der Waals surface area contributed by atoms with Gasteiger partial charge in [-0.1, -0.05) is 20.8 Å². The fourth-order valence-corrected chi connectivity index (χ4v) is 1.75. The quantitative estimate of drug-likeness (QED) is 0.816. The molecule has 0 bridgehead atoms. The number of aliphatic carboxylic acids is 1. The first-order chi connectivity index (χ1) is 8.27. The third-order valence-electron chi connectivity index (χ3n) is 2.45. The van der Waals surface area contributed by atoms with Crippen molar-refractivity contribution in [1.29, 1.82) is 0 Å². The lowest BCUT2D eigenvalue weighted by Crippen LogP contribution is -2.22. The number of carbonyl (C=O) groups is 1. The normalized spacial score (nSPS) is 13.6. The lowest BCUT2D eigenvalue weighted by atomic mass is 9.88. The maximum Gasteiger partial charge on any atom is 0.337 e. The van der Waals surface area contributed by atoms with E-state index in [2.05, 4.69) is 5.10 Å². The van der Waals surface area contributed by atoms with Gasteiger partial charge in [-0.2, -0.15) is 5.10 Å². The maximum absolute atomic E-state index is 11.3. The minimum absolute atomic E-state index is 0.0184. The van der Waals surface area contributed by atoms with E-state index in [1.165, 1.54) is 0 Å². The number of aromatic nitrogens is 2. The van der Waals surface area contributed by atoms with Gasteiger partial charge < -0.3 is 14.9 Å². The van der Waals surface area contributed by atoms with Crippen LogP contribution >= 0.6 is 0 Å². The molecule has 18 heavy (non-hydrogen) atoms. The first-order valence-corrected chi connectivity index (χ1v) is 5.76. The molecule has 2 N–H and O–H groups in total. The number of carboxylic acids is 1.